The van der Waals surface area contributed by atoms with Crippen molar-refractivity contribution in [2.75, 3.05) is 7.11 Å². The number of ether oxygens (including phenoxy) is 1. The summed E-state index contributed by atoms with van der Waals surface area (Å²) >= 11 is 0. The van der Waals surface area contributed by atoms with Crippen LogP contribution in [-0.4, -0.2) is 39.8 Å². The highest BCUT2D eigenvalue weighted by Gasteiger charge is 2.53. The van der Waals surface area contributed by atoms with Crippen LogP contribution in [0.15, 0.2) is 60.9 Å². The number of benzene rings is 2. The van der Waals surface area contributed by atoms with E-state index in [1.54, 1.807) is 0 Å². The molecule has 2 N–H and O–H groups in total. The molecule has 2 heterocycles. The first kappa shape index (κ1) is 16.5. The summed E-state index contributed by atoms with van der Waals surface area (Å²) in [5.74, 6) is -1.22. The predicted octanol–water partition coefficient (Wildman–Crippen LogP) is 2.98. The Morgan fingerprint density at radius 3 is 2.54 bits per heavy atom. The number of fused-ring (bicyclic) bond motifs is 2. The minimum absolute atomic E-state index is 0.253. The van der Waals surface area contributed by atoms with Gasteiger partial charge in [-0.05, 0) is 11.6 Å². The fraction of sp³-hybridized carbons (Fsp3) is 0.238. The molecule has 0 bridgehead atoms. The van der Waals surface area contributed by atoms with Gasteiger partial charge in [-0.2, -0.15) is 4.58 Å². The van der Waals surface area contributed by atoms with Crippen molar-refractivity contribution in [3.05, 3.63) is 72.0 Å². The lowest BCUT2D eigenvalue weighted by Crippen LogP contribution is -2.43. The summed E-state index contributed by atoms with van der Waals surface area (Å²) in [7, 11) is 1.36. The average Bonchev–Trinajstić information content (AvgIpc) is 3.02. The van der Waals surface area contributed by atoms with Gasteiger partial charge in [-0.15, -0.1) is 0 Å². The smallest absolute Gasteiger partial charge is 0.310 e. The van der Waals surface area contributed by atoms with Crippen LogP contribution in [0.1, 0.15) is 23.5 Å². The third-order valence-electron chi connectivity index (χ3n) is 5.24. The average molecular weight is 350 g/mol. The molecule has 0 aliphatic carbocycles. The predicted molar refractivity (Wildman–Crippen MR) is 97.3 cm³/mol. The fourth-order valence-electron chi connectivity index (χ4n) is 4.18. The van der Waals surface area contributed by atoms with E-state index in [-0.39, 0.29) is 18.3 Å². The van der Waals surface area contributed by atoms with Gasteiger partial charge in [0.15, 0.2) is 0 Å². The lowest BCUT2D eigenvalue weighted by molar-refractivity contribution is -0.543. The van der Waals surface area contributed by atoms with E-state index in [2.05, 4.69) is 0 Å². The number of rotatable bonds is 2. The lowest BCUT2D eigenvalue weighted by Gasteiger charge is -2.29. The van der Waals surface area contributed by atoms with Gasteiger partial charge in [0, 0.05) is 6.07 Å². The molecule has 4 rings (SSSR count). The number of methoxy groups -OCH3 is 1. The quantitative estimate of drug-likeness (QED) is 0.496. The van der Waals surface area contributed by atoms with E-state index in [0.717, 1.165) is 28.8 Å². The molecule has 2 aromatic carbocycles. The van der Waals surface area contributed by atoms with Gasteiger partial charge in [-0.25, -0.2) is 0 Å². The number of carbonyl (C=O) groups excluding carboxylic acids is 1. The van der Waals surface area contributed by atoms with E-state index in [1.807, 2.05) is 59.2 Å². The molecule has 2 aliphatic rings. The molecular formula is C21H20NO4+. The number of allylic oxidation sites excluding steroid dienone is 1. The zero-order valence-corrected chi connectivity index (χ0v) is 14.4. The number of aliphatic hydroxyl groups is 2. The highest BCUT2D eigenvalue weighted by molar-refractivity contribution is 6.28. The van der Waals surface area contributed by atoms with Crippen LogP contribution in [-0.2, 0) is 9.53 Å². The zero-order valence-electron chi connectivity index (χ0n) is 14.4. The molecule has 0 amide bonds. The van der Waals surface area contributed by atoms with Gasteiger partial charge in [0.25, 0.3) is 6.23 Å². The molecule has 0 saturated heterocycles. The van der Waals surface area contributed by atoms with Crippen LogP contribution >= 0.6 is 0 Å². The number of para-hydroxylation sites is 1. The molecular weight excluding hydrogens is 330 g/mol. The Balaban J connectivity index is 1.97. The van der Waals surface area contributed by atoms with E-state index in [9.17, 15) is 15.0 Å². The van der Waals surface area contributed by atoms with E-state index in [1.165, 1.54) is 7.11 Å². The number of carbonyl (C=O) groups is 1. The Labute approximate surface area is 151 Å². The van der Waals surface area contributed by atoms with Crippen molar-refractivity contribution in [1.29, 1.82) is 0 Å². The second-order valence-electron chi connectivity index (χ2n) is 6.55. The Hall–Kier alpha value is -2.92. The lowest BCUT2D eigenvalue weighted by atomic mass is 9.76. The fourth-order valence-corrected chi connectivity index (χ4v) is 4.18. The van der Waals surface area contributed by atoms with Gasteiger partial charge < -0.3 is 14.9 Å². The van der Waals surface area contributed by atoms with Crippen LogP contribution < -0.4 is 0 Å². The topological polar surface area (TPSA) is 69.8 Å². The van der Waals surface area contributed by atoms with Gasteiger partial charge in [-0.3, -0.25) is 4.79 Å². The normalized spacial score (nSPS) is 25.8. The van der Waals surface area contributed by atoms with Crippen LogP contribution in [0.25, 0.3) is 5.57 Å². The summed E-state index contributed by atoms with van der Waals surface area (Å²) < 4.78 is 6.85. The molecule has 0 radical (unpaired) electrons. The van der Waals surface area contributed by atoms with E-state index >= 15 is 0 Å². The van der Waals surface area contributed by atoms with E-state index in [0.29, 0.717) is 5.57 Å². The van der Waals surface area contributed by atoms with E-state index in [4.69, 9.17) is 4.74 Å². The van der Waals surface area contributed by atoms with Crippen molar-refractivity contribution < 1.29 is 24.3 Å². The first-order valence-corrected chi connectivity index (χ1v) is 8.58. The van der Waals surface area contributed by atoms with Crippen molar-refractivity contribution >= 4 is 22.9 Å². The largest absolute Gasteiger partial charge is 0.515 e. The molecule has 2 aromatic rings. The van der Waals surface area contributed by atoms with Crippen molar-refractivity contribution in [1.82, 2.24) is 0 Å². The minimum atomic E-state index is -0.868. The van der Waals surface area contributed by atoms with Crippen LogP contribution in [0, 0.1) is 5.92 Å². The van der Waals surface area contributed by atoms with Crippen molar-refractivity contribution in [3.63, 3.8) is 0 Å². The van der Waals surface area contributed by atoms with Crippen molar-refractivity contribution in [2.45, 2.75) is 18.6 Å². The second kappa shape index (κ2) is 6.42. The summed E-state index contributed by atoms with van der Waals surface area (Å²) in [5, 5.41) is 20.8. The Morgan fingerprint density at radius 2 is 1.85 bits per heavy atom. The highest BCUT2D eigenvalue weighted by Crippen LogP contribution is 2.46. The maximum atomic E-state index is 12.5. The summed E-state index contributed by atoms with van der Waals surface area (Å²) in [6.45, 7) is 0. The van der Waals surface area contributed by atoms with Gasteiger partial charge in [0.1, 0.15) is 0 Å². The summed E-state index contributed by atoms with van der Waals surface area (Å²) in [4.78, 5) is 12.5. The third kappa shape index (κ3) is 2.35. The number of aliphatic hydroxyl groups excluding tert-OH is 2. The molecule has 3 atom stereocenters. The van der Waals surface area contributed by atoms with Gasteiger partial charge in [0.2, 0.25) is 11.4 Å². The van der Waals surface area contributed by atoms with Crippen LogP contribution in [0.3, 0.4) is 0 Å². The third-order valence-corrected chi connectivity index (χ3v) is 5.24. The zero-order chi connectivity index (χ0) is 18.3. The van der Waals surface area contributed by atoms with Crippen LogP contribution in [0.2, 0.25) is 0 Å². The SMILES string of the molecule is COC(=O)C1CC(O)[N+]2=C(/C(=C\O)c3ccccc32)C1c1ccccc1. The number of hydrogen-bond acceptors (Lipinski definition) is 4. The first-order chi connectivity index (χ1) is 12.7. The summed E-state index contributed by atoms with van der Waals surface area (Å²) in [6, 6.07) is 17.3. The summed E-state index contributed by atoms with van der Waals surface area (Å²) in [6.07, 6.45) is 0.451. The molecule has 26 heavy (non-hydrogen) atoms. The molecule has 5 heteroatoms. The maximum Gasteiger partial charge on any atom is 0.310 e. The van der Waals surface area contributed by atoms with Crippen molar-refractivity contribution in [3.8, 4) is 0 Å². The van der Waals surface area contributed by atoms with Gasteiger partial charge in [0.05, 0.1) is 42.8 Å². The van der Waals surface area contributed by atoms with Crippen molar-refractivity contribution in [2.24, 2.45) is 5.92 Å². The minimum Gasteiger partial charge on any atom is -0.515 e. The summed E-state index contributed by atoms with van der Waals surface area (Å²) in [5.41, 5.74) is 3.98. The van der Waals surface area contributed by atoms with Gasteiger partial charge >= 0.3 is 5.97 Å². The number of esters is 1. The second-order valence-corrected chi connectivity index (χ2v) is 6.55. The molecule has 3 unspecified atom stereocenters. The molecule has 2 aliphatic heterocycles. The highest BCUT2D eigenvalue weighted by atomic mass is 16.5. The molecule has 0 spiro atoms. The standard InChI is InChI=1S/C21H19NO4/c1-26-21(25)15-11-18(24)22-17-10-6-5-9-14(17)16(12-23)20(22)19(15)13-7-3-2-4-8-13/h2-10,12,15,18-19,24H,11H2,1H3/p+1. The first-order valence-electron chi connectivity index (χ1n) is 8.58. The Bertz CT molecular complexity index is 917. The molecule has 0 aromatic heterocycles. The van der Waals surface area contributed by atoms with Crippen LogP contribution in [0.4, 0.5) is 5.69 Å². The van der Waals surface area contributed by atoms with E-state index < -0.39 is 12.1 Å². The Morgan fingerprint density at radius 1 is 1.15 bits per heavy atom. The monoisotopic (exact) mass is 350 g/mol. The molecule has 5 nitrogen and oxygen atoms in total. The molecule has 0 fully saturated rings. The van der Waals surface area contributed by atoms with Crippen LogP contribution in [0.5, 0.6) is 0 Å². The molecule has 132 valence electrons. The number of hydrogen-bond donors (Lipinski definition) is 2. The Kier molecular flexibility index (Phi) is 4.09. The van der Waals surface area contributed by atoms with Gasteiger partial charge in [-0.1, -0.05) is 42.5 Å². The molecule has 0 saturated carbocycles. The maximum absolute atomic E-state index is 12.5. The number of nitrogens with zero attached hydrogens (tertiary/aromatic N) is 1.